The molecule has 0 amide bonds. The fraction of sp³-hybridized carbons (Fsp3) is 0.375. The van der Waals surface area contributed by atoms with Gasteiger partial charge in [0.05, 0.1) is 12.0 Å². The van der Waals surface area contributed by atoms with E-state index < -0.39 is 4.92 Å². The highest BCUT2D eigenvalue weighted by molar-refractivity contribution is 7.80. The SMILES string of the molecule is CN=CC(=CN)c1cc([N+](=O)[O-])c(OC)cc1N1CCN(C(N)=S)CC1. The predicted molar refractivity (Wildman–Crippen MR) is 107 cm³/mol. The summed E-state index contributed by atoms with van der Waals surface area (Å²) in [6.07, 6.45) is 2.95. The molecule has 1 aliphatic rings. The summed E-state index contributed by atoms with van der Waals surface area (Å²) >= 11 is 5.02. The number of aliphatic imine (C=N–C) groups is 1. The van der Waals surface area contributed by atoms with Gasteiger partial charge in [0, 0.05) is 74.6 Å². The van der Waals surface area contributed by atoms with Crippen LogP contribution in [0.4, 0.5) is 11.4 Å². The van der Waals surface area contributed by atoms with E-state index in [9.17, 15) is 10.1 Å². The van der Waals surface area contributed by atoms with Crippen molar-refractivity contribution >= 4 is 40.5 Å². The van der Waals surface area contributed by atoms with Gasteiger partial charge in [-0.2, -0.15) is 0 Å². The first-order valence-electron chi connectivity index (χ1n) is 7.93. The largest absolute Gasteiger partial charge is 0.490 e. The Morgan fingerprint density at radius 1 is 1.38 bits per heavy atom. The van der Waals surface area contributed by atoms with Gasteiger partial charge in [-0.05, 0) is 12.2 Å². The first kappa shape index (κ1) is 19.4. The lowest BCUT2D eigenvalue weighted by atomic mass is 10.0. The summed E-state index contributed by atoms with van der Waals surface area (Å²) < 4.78 is 5.22. The number of ether oxygens (including phenoxy) is 1. The number of piperazine rings is 1. The maximum Gasteiger partial charge on any atom is 0.311 e. The molecule has 0 unspecified atom stereocenters. The molecular formula is C16H22N6O3S. The molecule has 0 aromatic heterocycles. The number of nitrogens with zero attached hydrogens (tertiary/aromatic N) is 4. The second-order valence-electron chi connectivity index (χ2n) is 5.62. The van der Waals surface area contributed by atoms with Crippen molar-refractivity contribution in [3.05, 3.63) is 34.0 Å². The van der Waals surface area contributed by atoms with Gasteiger partial charge < -0.3 is 26.0 Å². The molecular weight excluding hydrogens is 356 g/mol. The Morgan fingerprint density at radius 2 is 2.04 bits per heavy atom. The van der Waals surface area contributed by atoms with Gasteiger partial charge in [-0.15, -0.1) is 0 Å². The van der Waals surface area contributed by atoms with Crippen molar-refractivity contribution in [3.63, 3.8) is 0 Å². The molecule has 10 heteroatoms. The maximum absolute atomic E-state index is 11.4. The topological polar surface area (TPSA) is 123 Å². The molecule has 0 aliphatic carbocycles. The fourth-order valence-electron chi connectivity index (χ4n) is 2.87. The summed E-state index contributed by atoms with van der Waals surface area (Å²) in [7, 11) is 3.02. The van der Waals surface area contributed by atoms with Gasteiger partial charge in [-0.25, -0.2) is 0 Å². The van der Waals surface area contributed by atoms with Crippen molar-refractivity contribution in [2.24, 2.45) is 16.5 Å². The number of nitro benzene ring substituents is 1. The zero-order valence-electron chi connectivity index (χ0n) is 14.7. The summed E-state index contributed by atoms with van der Waals surface area (Å²) in [5, 5.41) is 11.8. The molecule has 140 valence electrons. The average molecular weight is 378 g/mol. The zero-order valence-corrected chi connectivity index (χ0v) is 15.5. The van der Waals surface area contributed by atoms with E-state index in [1.807, 2.05) is 4.90 Å². The molecule has 1 saturated heterocycles. The van der Waals surface area contributed by atoms with Gasteiger partial charge in [0.2, 0.25) is 0 Å². The van der Waals surface area contributed by atoms with Crippen LogP contribution in [0.5, 0.6) is 5.75 Å². The molecule has 0 saturated carbocycles. The van der Waals surface area contributed by atoms with Crippen molar-refractivity contribution in [2.45, 2.75) is 0 Å². The quantitative estimate of drug-likeness (QED) is 0.336. The van der Waals surface area contributed by atoms with Gasteiger partial charge in [0.25, 0.3) is 0 Å². The highest BCUT2D eigenvalue weighted by Gasteiger charge is 2.25. The van der Waals surface area contributed by atoms with Crippen molar-refractivity contribution in [3.8, 4) is 5.75 Å². The molecule has 0 atom stereocenters. The first-order chi connectivity index (χ1) is 12.4. The Hall–Kier alpha value is -2.88. The number of hydrogen-bond acceptors (Lipinski definition) is 7. The second kappa shape index (κ2) is 8.48. The van der Waals surface area contributed by atoms with Crippen LogP contribution in [0.25, 0.3) is 5.57 Å². The van der Waals surface area contributed by atoms with E-state index in [0.717, 1.165) is 5.69 Å². The van der Waals surface area contributed by atoms with Gasteiger partial charge in [0.1, 0.15) is 0 Å². The summed E-state index contributed by atoms with van der Waals surface area (Å²) in [5.41, 5.74) is 13.3. The van der Waals surface area contributed by atoms with Crippen LogP contribution in [0.2, 0.25) is 0 Å². The summed E-state index contributed by atoms with van der Waals surface area (Å²) in [6, 6.07) is 3.13. The molecule has 0 radical (unpaired) electrons. The Morgan fingerprint density at radius 3 is 2.50 bits per heavy atom. The summed E-state index contributed by atoms with van der Waals surface area (Å²) in [6.45, 7) is 2.65. The molecule has 1 fully saturated rings. The van der Waals surface area contributed by atoms with Crippen LogP contribution in [0.1, 0.15) is 5.56 Å². The number of thiocarbonyl (C=S) groups is 1. The van der Waals surface area contributed by atoms with Gasteiger partial charge in [0.15, 0.2) is 10.9 Å². The van der Waals surface area contributed by atoms with E-state index in [4.69, 9.17) is 28.4 Å². The first-order valence-corrected chi connectivity index (χ1v) is 8.34. The fourth-order valence-corrected chi connectivity index (χ4v) is 3.05. The van der Waals surface area contributed by atoms with E-state index in [1.54, 1.807) is 19.3 Å². The maximum atomic E-state index is 11.4. The number of hydrogen-bond donors (Lipinski definition) is 2. The van der Waals surface area contributed by atoms with Crippen LogP contribution in [0.3, 0.4) is 0 Å². The van der Waals surface area contributed by atoms with Gasteiger partial charge >= 0.3 is 5.69 Å². The molecule has 26 heavy (non-hydrogen) atoms. The average Bonchev–Trinajstić information content (AvgIpc) is 2.65. The van der Waals surface area contributed by atoms with E-state index in [-0.39, 0.29) is 11.4 Å². The van der Waals surface area contributed by atoms with Crippen LogP contribution in [-0.4, -0.2) is 61.5 Å². The van der Waals surface area contributed by atoms with Crippen molar-refractivity contribution in [2.75, 3.05) is 45.2 Å². The van der Waals surface area contributed by atoms with E-state index in [0.29, 0.717) is 42.4 Å². The zero-order chi connectivity index (χ0) is 19.3. The van der Waals surface area contributed by atoms with E-state index in [1.165, 1.54) is 19.4 Å². The number of nitrogens with two attached hydrogens (primary N) is 2. The Balaban J connectivity index is 2.52. The van der Waals surface area contributed by atoms with E-state index >= 15 is 0 Å². The third kappa shape index (κ3) is 4.02. The molecule has 9 nitrogen and oxygen atoms in total. The third-order valence-electron chi connectivity index (χ3n) is 4.18. The van der Waals surface area contributed by atoms with Crippen LogP contribution in [-0.2, 0) is 0 Å². The highest BCUT2D eigenvalue weighted by Crippen LogP contribution is 2.38. The van der Waals surface area contributed by atoms with E-state index in [2.05, 4.69) is 9.89 Å². The van der Waals surface area contributed by atoms with Gasteiger partial charge in [-0.3, -0.25) is 15.1 Å². The van der Waals surface area contributed by atoms with Crippen molar-refractivity contribution < 1.29 is 9.66 Å². The predicted octanol–water partition coefficient (Wildman–Crippen LogP) is 0.969. The van der Waals surface area contributed by atoms with Crippen LogP contribution < -0.4 is 21.1 Å². The smallest absolute Gasteiger partial charge is 0.311 e. The molecule has 2 rings (SSSR count). The number of anilines is 1. The minimum Gasteiger partial charge on any atom is -0.490 e. The molecule has 1 aromatic carbocycles. The van der Waals surface area contributed by atoms with Crippen LogP contribution in [0, 0.1) is 10.1 Å². The number of benzene rings is 1. The highest BCUT2D eigenvalue weighted by atomic mass is 32.1. The minimum absolute atomic E-state index is 0.128. The van der Waals surface area contributed by atoms with Gasteiger partial charge in [-0.1, -0.05) is 0 Å². The third-order valence-corrected chi connectivity index (χ3v) is 4.44. The lowest BCUT2D eigenvalue weighted by molar-refractivity contribution is -0.385. The Bertz CT molecular complexity index is 757. The molecule has 1 heterocycles. The molecule has 0 spiro atoms. The standard InChI is InChI=1S/C16H22N6O3S/c1-19-10-11(9-17)12-7-14(22(23)24)15(25-2)8-13(12)20-3-5-21(6-4-20)16(18)26/h7-10H,3-6,17H2,1-2H3,(H2,18,26). The number of rotatable bonds is 5. The minimum atomic E-state index is -0.478. The van der Waals surface area contributed by atoms with Crippen LogP contribution >= 0.6 is 12.2 Å². The van der Waals surface area contributed by atoms with Crippen LogP contribution in [0.15, 0.2) is 23.3 Å². The molecule has 4 N–H and O–H groups in total. The second-order valence-corrected chi connectivity index (χ2v) is 6.04. The number of methoxy groups -OCH3 is 1. The number of allylic oxidation sites excluding steroid dienone is 1. The lowest BCUT2D eigenvalue weighted by Gasteiger charge is -2.37. The molecule has 1 aliphatic heterocycles. The van der Waals surface area contributed by atoms with Crippen molar-refractivity contribution in [1.82, 2.24) is 4.90 Å². The van der Waals surface area contributed by atoms with Crippen molar-refractivity contribution in [1.29, 1.82) is 0 Å². The molecule has 0 bridgehead atoms. The Labute approximate surface area is 157 Å². The molecule has 1 aromatic rings. The summed E-state index contributed by atoms with van der Waals surface area (Å²) in [4.78, 5) is 18.9. The Kier molecular flexibility index (Phi) is 6.34. The number of nitro groups is 1. The summed E-state index contributed by atoms with van der Waals surface area (Å²) in [5.74, 6) is 0.190. The normalized spacial score (nSPS) is 15.4. The lowest BCUT2D eigenvalue weighted by Crippen LogP contribution is -2.50. The monoisotopic (exact) mass is 378 g/mol.